The van der Waals surface area contributed by atoms with Gasteiger partial charge in [-0.05, 0) is 12.8 Å². The molecule has 0 saturated carbocycles. The molecule has 0 aromatic carbocycles. The fourth-order valence-corrected chi connectivity index (χ4v) is 1.62. The van der Waals surface area contributed by atoms with Crippen molar-refractivity contribution in [1.82, 2.24) is 5.32 Å². The van der Waals surface area contributed by atoms with Crippen LogP contribution in [0.4, 0.5) is 0 Å². The Bertz CT molecular complexity index is 224. The standard InChI is InChI=1S/C11H21NO3/c1-5-9(6-2)7(3)10(13)12-8(4)11(14)15/h7-9H,5-6H2,1-4H3,(H,12,13)(H,14,15). The molecular formula is C11H21NO3. The zero-order valence-electron chi connectivity index (χ0n) is 9.91. The molecule has 0 aromatic heterocycles. The Kier molecular flexibility index (Phi) is 5.97. The molecule has 0 aliphatic carbocycles. The van der Waals surface area contributed by atoms with E-state index in [0.717, 1.165) is 12.8 Å². The van der Waals surface area contributed by atoms with E-state index in [0.29, 0.717) is 5.92 Å². The minimum absolute atomic E-state index is 0.123. The van der Waals surface area contributed by atoms with E-state index >= 15 is 0 Å². The molecule has 1 amide bonds. The molecule has 0 saturated heterocycles. The van der Waals surface area contributed by atoms with E-state index in [1.165, 1.54) is 6.92 Å². The lowest BCUT2D eigenvalue weighted by molar-refractivity contribution is -0.142. The number of rotatable bonds is 6. The van der Waals surface area contributed by atoms with Gasteiger partial charge in [-0.2, -0.15) is 0 Å². The van der Waals surface area contributed by atoms with Crippen LogP contribution >= 0.6 is 0 Å². The Hall–Kier alpha value is -1.06. The summed E-state index contributed by atoms with van der Waals surface area (Å²) in [6.07, 6.45) is 1.87. The Labute approximate surface area is 91.1 Å². The monoisotopic (exact) mass is 215 g/mol. The summed E-state index contributed by atoms with van der Waals surface area (Å²) in [6.45, 7) is 7.40. The fourth-order valence-electron chi connectivity index (χ4n) is 1.62. The summed E-state index contributed by atoms with van der Waals surface area (Å²) < 4.78 is 0. The highest BCUT2D eigenvalue weighted by molar-refractivity contribution is 5.84. The zero-order valence-corrected chi connectivity index (χ0v) is 9.91. The molecule has 4 heteroatoms. The summed E-state index contributed by atoms with van der Waals surface area (Å²) in [6, 6.07) is -0.811. The number of amides is 1. The predicted molar refractivity (Wildman–Crippen MR) is 58.5 cm³/mol. The molecular weight excluding hydrogens is 194 g/mol. The minimum Gasteiger partial charge on any atom is -0.480 e. The van der Waals surface area contributed by atoms with E-state index in [1.807, 2.05) is 20.8 Å². The second-order valence-electron chi connectivity index (χ2n) is 3.93. The average Bonchev–Trinajstić information content (AvgIpc) is 2.19. The molecule has 0 heterocycles. The first-order valence-electron chi connectivity index (χ1n) is 5.47. The van der Waals surface area contributed by atoms with Gasteiger partial charge in [0.2, 0.25) is 5.91 Å². The van der Waals surface area contributed by atoms with Crippen LogP contribution < -0.4 is 5.32 Å². The van der Waals surface area contributed by atoms with E-state index in [1.54, 1.807) is 0 Å². The van der Waals surface area contributed by atoms with Gasteiger partial charge in [-0.15, -0.1) is 0 Å². The van der Waals surface area contributed by atoms with Crippen molar-refractivity contribution < 1.29 is 14.7 Å². The maximum Gasteiger partial charge on any atom is 0.325 e. The van der Waals surface area contributed by atoms with E-state index in [4.69, 9.17) is 5.11 Å². The van der Waals surface area contributed by atoms with Gasteiger partial charge in [0.05, 0.1) is 0 Å². The second kappa shape index (κ2) is 6.43. The van der Waals surface area contributed by atoms with Gasteiger partial charge in [-0.3, -0.25) is 9.59 Å². The number of carbonyl (C=O) groups excluding carboxylic acids is 1. The van der Waals surface area contributed by atoms with Gasteiger partial charge in [0, 0.05) is 5.92 Å². The molecule has 0 aliphatic rings. The van der Waals surface area contributed by atoms with E-state index in [9.17, 15) is 9.59 Å². The van der Waals surface area contributed by atoms with Crippen molar-refractivity contribution >= 4 is 11.9 Å². The number of hydrogen-bond donors (Lipinski definition) is 2. The molecule has 0 bridgehead atoms. The SMILES string of the molecule is CCC(CC)C(C)C(=O)NC(C)C(=O)O. The minimum atomic E-state index is -1.000. The van der Waals surface area contributed by atoms with Gasteiger partial charge in [-0.25, -0.2) is 0 Å². The lowest BCUT2D eigenvalue weighted by atomic mass is 9.88. The summed E-state index contributed by atoms with van der Waals surface area (Å²) in [7, 11) is 0. The summed E-state index contributed by atoms with van der Waals surface area (Å²) in [5.41, 5.74) is 0. The number of carboxylic acid groups (broad SMARTS) is 1. The molecule has 0 aromatic rings. The van der Waals surface area contributed by atoms with Crippen LogP contribution in [0, 0.1) is 11.8 Å². The van der Waals surface area contributed by atoms with Crippen LogP contribution in [-0.2, 0) is 9.59 Å². The van der Waals surface area contributed by atoms with Crippen LogP contribution in [0.3, 0.4) is 0 Å². The molecule has 4 nitrogen and oxygen atoms in total. The number of carbonyl (C=O) groups is 2. The average molecular weight is 215 g/mol. The molecule has 0 rings (SSSR count). The Morgan fingerprint density at radius 1 is 1.20 bits per heavy atom. The van der Waals surface area contributed by atoms with Gasteiger partial charge >= 0.3 is 5.97 Å². The molecule has 0 radical (unpaired) electrons. The number of hydrogen-bond acceptors (Lipinski definition) is 2. The maximum atomic E-state index is 11.6. The van der Waals surface area contributed by atoms with Crippen LogP contribution in [-0.4, -0.2) is 23.0 Å². The normalized spacial score (nSPS) is 14.7. The maximum absolute atomic E-state index is 11.6. The predicted octanol–water partition coefficient (Wildman–Crippen LogP) is 1.65. The topological polar surface area (TPSA) is 66.4 Å². The van der Waals surface area contributed by atoms with Crippen molar-refractivity contribution in [3.8, 4) is 0 Å². The van der Waals surface area contributed by atoms with Gasteiger partial charge in [0.1, 0.15) is 6.04 Å². The molecule has 15 heavy (non-hydrogen) atoms. The smallest absolute Gasteiger partial charge is 0.325 e. The molecule has 88 valence electrons. The zero-order chi connectivity index (χ0) is 12.0. The molecule has 0 spiro atoms. The van der Waals surface area contributed by atoms with Gasteiger partial charge in [-0.1, -0.05) is 33.6 Å². The second-order valence-corrected chi connectivity index (χ2v) is 3.93. The summed E-state index contributed by atoms with van der Waals surface area (Å²) in [5.74, 6) is -0.966. The largest absolute Gasteiger partial charge is 0.480 e. The van der Waals surface area contributed by atoms with Crippen LogP contribution in [0.15, 0.2) is 0 Å². The first kappa shape index (κ1) is 13.9. The van der Waals surface area contributed by atoms with Crippen molar-refractivity contribution in [2.75, 3.05) is 0 Å². The lowest BCUT2D eigenvalue weighted by Crippen LogP contribution is -2.42. The third-order valence-corrected chi connectivity index (χ3v) is 2.90. The molecule has 2 N–H and O–H groups in total. The van der Waals surface area contributed by atoms with Crippen LogP contribution in [0.1, 0.15) is 40.5 Å². The van der Waals surface area contributed by atoms with Crippen molar-refractivity contribution in [1.29, 1.82) is 0 Å². The van der Waals surface area contributed by atoms with Crippen molar-refractivity contribution in [2.45, 2.75) is 46.6 Å². The Morgan fingerprint density at radius 2 is 1.67 bits per heavy atom. The first-order valence-corrected chi connectivity index (χ1v) is 5.47. The van der Waals surface area contributed by atoms with Crippen LogP contribution in [0.5, 0.6) is 0 Å². The van der Waals surface area contributed by atoms with Gasteiger partial charge < -0.3 is 10.4 Å². The van der Waals surface area contributed by atoms with Crippen molar-refractivity contribution in [3.63, 3.8) is 0 Å². The quantitative estimate of drug-likeness (QED) is 0.708. The van der Waals surface area contributed by atoms with E-state index in [-0.39, 0.29) is 11.8 Å². The highest BCUT2D eigenvalue weighted by Gasteiger charge is 2.23. The molecule has 0 aliphatic heterocycles. The van der Waals surface area contributed by atoms with Crippen molar-refractivity contribution in [3.05, 3.63) is 0 Å². The molecule has 2 atom stereocenters. The van der Waals surface area contributed by atoms with Crippen molar-refractivity contribution in [2.24, 2.45) is 11.8 Å². The summed E-state index contributed by atoms with van der Waals surface area (Å²) in [5, 5.41) is 11.1. The Morgan fingerprint density at radius 3 is 2.00 bits per heavy atom. The third kappa shape index (κ3) is 4.32. The van der Waals surface area contributed by atoms with Gasteiger partial charge in [0.25, 0.3) is 0 Å². The summed E-state index contributed by atoms with van der Waals surface area (Å²) >= 11 is 0. The highest BCUT2D eigenvalue weighted by atomic mass is 16.4. The van der Waals surface area contributed by atoms with Crippen LogP contribution in [0.2, 0.25) is 0 Å². The lowest BCUT2D eigenvalue weighted by Gasteiger charge is -2.21. The highest BCUT2D eigenvalue weighted by Crippen LogP contribution is 2.19. The van der Waals surface area contributed by atoms with E-state index < -0.39 is 12.0 Å². The third-order valence-electron chi connectivity index (χ3n) is 2.90. The number of carboxylic acids is 1. The molecule has 0 fully saturated rings. The van der Waals surface area contributed by atoms with E-state index in [2.05, 4.69) is 5.32 Å². The fraction of sp³-hybridized carbons (Fsp3) is 0.818. The number of nitrogens with one attached hydrogen (secondary N) is 1. The van der Waals surface area contributed by atoms with Crippen LogP contribution in [0.25, 0.3) is 0 Å². The molecule has 2 unspecified atom stereocenters. The first-order chi connectivity index (χ1) is 6.93. The number of aliphatic carboxylic acids is 1. The van der Waals surface area contributed by atoms with Gasteiger partial charge in [0.15, 0.2) is 0 Å². The Balaban J connectivity index is 4.26. The summed E-state index contributed by atoms with van der Waals surface area (Å²) in [4.78, 5) is 22.2.